The van der Waals surface area contributed by atoms with Crippen LogP contribution in [0.1, 0.15) is 17.3 Å². The molecule has 0 aromatic heterocycles. The Balaban J connectivity index is 3.02. The van der Waals surface area contributed by atoms with Crippen molar-refractivity contribution in [2.45, 2.75) is 12.2 Å². The molecule has 1 unspecified atom stereocenters. The number of esters is 1. The maximum Gasteiger partial charge on any atom is 0.339 e. The van der Waals surface area contributed by atoms with Gasteiger partial charge in [0.15, 0.2) is 5.25 Å². The molecule has 0 fully saturated rings. The summed E-state index contributed by atoms with van der Waals surface area (Å²) < 4.78 is 30.0. The van der Waals surface area contributed by atoms with Gasteiger partial charge >= 0.3 is 11.9 Å². The molecule has 0 saturated heterocycles. The number of phenols is 1. The van der Waals surface area contributed by atoms with Crippen LogP contribution in [0.15, 0.2) is 18.2 Å². The summed E-state index contributed by atoms with van der Waals surface area (Å²) in [5.74, 6) is -2.88. The van der Waals surface area contributed by atoms with Gasteiger partial charge in [-0.2, -0.15) is 0 Å². The number of ether oxygens (including phenoxy) is 1. The number of carbonyl (C=O) groups excluding carboxylic acids is 1. The van der Waals surface area contributed by atoms with E-state index in [9.17, 15) is 23.1 Å². The van der Waals surface area contributed by atoms with Crippen molar-refractivity contribution in [2.24, 2.45) is 0 Å². The molecule has 1 atom stereocenters. The Kier molecular flexibility index (Phi) is 4.56. The topological polar surface area (TPSA) is 130 Å². The third kappa shape index (κ3) is 3.38. The van der Waals surface area contributed by atoms with Crippen molar-refractivity contribution < 1.29 is 33.0 Å². The first-order valence-electron chi connectivity index (χ1n) is 5.35. The van der Waals surface area contributed by atoms with Crippen molar-refractivity contribution in [3.8, 4) is 5.75 Å². The van der Waals surface area contributed by atoms with E-state index in [-0.39, 0.29) is 11.3 Å². The molecule has 9 heteroatoms. The summed E-state index contributed by atoms with van der Waals surface area (Å²) in [5, 5.41) is 16.7. The molecular weight excluding hydrogens is 290 g/mol. The average molecular weight is 303 g/mol. The van der Waals surface area contributed by atoms with Crippen LogP contribution in [-0.2, 0) is 19.6 Å². The number of aromatic carboxylic acids is 1. The number of hydrogen-bond donors (Lipinski definition) is 3. The van der Waals surface area contributed by atoms with Crippen LogP contribution in [0.5, 0.6) is 5.75 Å². The first kappa shape index (κ1) is 15.8. The highest BCUT2D eigenvalue weighted by molar-refractivity contribution is 7.94. The fraction of sp³-hybridized carbons (Fsp3) is 0.273. The van der Waals surface area contributed by atoms with Gasteiger partial charge in [-0.05, 0) is 19.1 Å². The van der Waals surface area contributed by atoms with Gasteiger partial charge in [-0.15, -0.1) is 0 Å². The number of sulfonamides is 1. The second-order valence-corrected chi connectivity index (χ2v) is 5.85. The van der Waals surface area contributed by atoms with E-state index >= 15 is 0 Å². The molecule has 0 saturated carbocycles. The van der Waals surface area contributed by atoms with Crippen LogP contribution >= 0.6 is 0 Å². The molecule has 0 bridgehead atoms. The number of nitrogens with one attached hydrogen (secondary N) is 1. The van der Waals surface area contributed by atoms with Crippen LogP contribution in [0, 0.1) is 0 Å². The van der Waals surface area contributed by atoms with Crippen molar-refractivity contribution >= 4 is 27.6 Å². The van der Waals surface area contributed by atoms with Gasteiger partial charge in [-0.1, -0.05) is 0 Å². The molecule has 1 aromatic rings. The highest BCUT2D eigenvalue weighted by Crippen LogP contribution is 2.23. The molecule has 110 valence electrons. The first-order chi connectivity index (χ1) is 9.19. The summed E-state index contributed by atoms with van der Waals surface area (Å²) in [4.78, 5) is 21.9. The molecule has 0 aliphatic heterocycles. The molecule has 0 radical (unpaired) electrons. The lowest BCUT2D eigenvalue weighted by Crippen LogP contribution is -2.33. The number of carboxylic acids is 1. The van der Waals surface area contributed by atoms with Gasteiger partial charge < -0.3 is 14.9 Å². The molecule has 1 rings (SSSR count). The summed E-state index contributed by atoms with van der Waals surface area (Å²) in [6, 6.07) is 3.13. The van der Waals surface area contributed by atoms with E-state index < -0.39 is 33.0 Å². The number of hydrogen-bond acceptors (Lipinski definition) is 6. The predicted octanol–water partition coefficient (Wildman–Crippen LogP) is 0.394. The SMILES string of the molecule is COC(=O)C(C)S(=O)(=O)Nc1ccc(C(=O)O)c(O)c1. The lowest BCUT2D eigenvalue weighted by atomic mass is 10.2. The van der Waals surface area contributed by atoms with E-state index in [4.69, 9.17) is 5.11 Å². The zero-order valence-corrected chi connectivity index (χ0v) is 11.5. The van der Waals surface area contributed by atoms with E-state index in [2.05, 4.69) is 9.46 Å². The van der Waals surface area contributed by atoms with Crippen LogP contribution in [0.4, 0.5) is 5.69 Å². The Bertz CT molecular complexity index is 638. The molecule has 0 spiro atoms. The zero-order chi connectivity index (χ0) is 15.5. The van der Waals surface area contributed by atoms with Gasteiger partial charge in [0, 0.05) is 6.07 Å². The third-order valence-electron chi connectivity index (χ3n) is 2.49. The van der Waals surface area contributed by atoms with E-state index in [1.807, 2.05) is 0 Å². The van der Waals surface area contributed by atoms with Crippen LogP contribution < -0.4 is 4.72 Å². The Morgan fingerprint density at radius 1 is 1.35 bits per heavy atom. The van der Waals surface area contributed by atoms with E-state index in [0.717, 1.165) is 32.2 Å². The van der Waals surface area contributed by atoms with E-state index in [0.29, 0.717) is 0 Å². The summed E-state index contributed by atoms with van der Waals surface area (Å²) >= 11 is 0. The second kappa shape index (κ2) is 5.78. The number of carboxylic acid groups (broad SMARTS) is 1. The predicted molar refractivity (Wildman–Crippen MR) is 69.1 cm³/mol. The quantitative estimate of drug-likeness (QED) is 0.671. The number of rotatable bonds is 5. The fourth-order valence-electron chi connectivity index (χ4n) is 1.32. The molecule has 20 heavy (non-hydrogen) atoms. The minimum atomic E-state index is -4.06. The van der Waals surface area contributed by atoms with E-state index in [1.54, 1.807) is 0 Å². The highest BCUT2D eigenvalue weighted by Gasteiger charge is 2.29. The van der Waals surface area contributed by atoms with Crippen molar-refractivity contribution in [3.63, 3.8) is 0 Å². The third-order valence-corrected chi connectivity index (χ3v) is 4.13. The minimum Gasteiger partial charge on any atom is -0.507 e. The van der Waals surface area contributed by atoms with Gasteiger partial charge in [0.05, 0.1) is 12.8 Å². The van der Waals surface area contributed by atoms with Crippen molar-refractivity contribution in [1.29, 1.82) is 0 Å². The van der Waals surface area contributed by atoms with Crippen molar-refractivity contribution in [1.82, 2.24) is 0 Å². The van der Waals surface area contributed by atoms with Gasteiger partial charge in [0.1, 0.15) is 11.3 Å². The maximum atomic E-state index is 11.8. The Morgan fingerprint density at radius 3 is 2.40 bits per heavy atom. The number of methoxy groups -OCH3 is 1. The van der Waals surface area contributed by atoms with Gasteiger partial charge in [-0.25, -0.2) is 13.2 Å². The molecular formula is C11H13NO7S. The van der Waals surface area contributed by atoms with Gasteiger partial charge in [-0.3, -0.25) is 9.52 Å². The number of anilines is 1. The molecule has 0 aliphatic carbocycles. The fourth-order valence-corrected chi connectivity index (χ4v) is 2.30. The zero-order valence-electron chi connectivity index (χ0n) is 10.7. The lowest BCUT2D eigenvalue weighted by Gasteiger charge is -2.13. The Labute approximate surface area is 115 Å². The van der Waals surface area contributed by atoms with Crippen LogP contribution in [0.2, 0.25) is 0 Å². The molecule has 1 aromatic carbocycles. The van der Waals surface area contributed by atoms with Crippen LogP contribution in [0.3, 0.4) is 0 Å². The molecule has 0 amide bonds. The molecule has 0 aliphatic rings. The first-order valence-corrected chi connectivity index (χ1v) is 6.89. The summed E-state index contributed by atoms with van der Waals surface area (Å²) in [6.07, 6.45) is 0. The number of aromatic hydroxyl groups is 1. The average Bonchev–Trinajstić information content (AvgIpc) is 2.36. The van der Waals surface area contributed by atoms with Gasteiger partial charge in [0.25, 0.3) is 0 Å². The summed E-state index contributed by atoms with van der Waals surface area (Å²) in [5.41, 5.74) is -0.433. The van der Waals surface area contributed by atoms with E-state index in [1.165, 1.54) is 0 Å². The van der Waals surface area contributed by atoms with Crippen molar-refractivity contribution in [3.05, 3.63) is 23.8 Å². The Hall–Kier alpha value is -2.29. The highest BCUT2D eigenvalue weighted by atomic mass is 32.2. The molecule has 3 N–H and O–H groups in total. The monoisotopic (exact) mass is 303 g/mol. The standard InChI is InChI=1S/C11H13NO7S/c1-6(11(16)19-2)20(17,18)12-7-3-4-8(10(14)15)9(13)5-7/h3-6,12-13H,1-2H3,(H,14,15). The largest absolute Gasteiger partial charge is 0.507 e. The molecule has 8 nitrogen and oxygen atoms in total. The van der Waals surface area contributed by atoms with Gasteiger partial charge in [0.2, 0.25) is 10.0 Å². The Morgan fingerprint density at radius 2 is 1.95 bits per heavy atom. The summed E-state index contributed by atoms with van der Waals surface area (Å²) in [7, 11) is -3.00. The van der Waals surface area contributed by atoms with Crippen LogP contribution in [0.25, 0.3) is 0 Å². The van der Waals surface area contributed by atoms with Crippen molar-refractivity contribution in [2.75, 3.05) is 11.8 Å². The number of benzene rings is 1. The lowest BCUT2D eigenvalue weighted by molar-refractivity contribution is -0.139. The normalized spacial score (nSPS) is 12.5. The minimum absolute atomic E-state index is 0.0664. The maximum absolute atomic E-state index is 11.8. The molecule has 0 heterocycles. The summed E-state index contributed by atoms with van der Waals surface area (Å²) in [6.45, 7) is 1.14. The smallest absolute Gasteiger partial charge is 0.339 e. The second-order valence-electron chi connectivity index (χ2n) is 3.85. The number of carbonyl (C=O) groups is 2. The van der Waals surface area contributed by atoms with Crippen LogP contribution in [-0.4, -0.2) is 42.9 Å².